The Bertz CT molecular complexity index is 378. The second kappa shape index (κ2) is 5.37. The van der Waals surface area contributed by atoms with Gasteiger partial charge < -0.3 is 20.7 Å². The first-order valence-electron chi connectivity index (χ1n) is 4.97. The van der Waals surface area contributed by atoms with E-state index in [1.54, 1.807) is 6.92 Å². The van der Waals surface area contributed by atoms with E-state index in [-0.39, 0.29) is 24.5 Å². The summed E-state index contributed by atoms with van der Waals surface area (Å²) in [6.45, 7) is 1.95. The Labute approximate surface area is 93.5 Å². The quantitative estimate of drug-likeness (QED) is 0.513. The van der Waals surface area contributed by atoms with Crippen LogP contribution in [0.4, 0.5) is 0 Å². The molecule has 0 aliphatic carbocycles. The van der Waals surface area contributed by atoms with Crippen molar-refractivity contribution < 1.29 is 19.7 Å². The molecule has 88 valence electrons. The number of benzene rings is 1. The molecule has 0 saturated heterocycles. The van der Waals surface area contributed by atoms with E-state index in [2.05, 4.69) is 0 Å². The Hall–Kier alpha value is -1.75. The number of aromatic hydroxyl groups is 2. The molecule has 0 aromatic heterocycles. The fourth-order valence-electron chi connectivity index (χ4n) is 1.30. The van der Waals surface area contributed by atoms with Gasteiger partial charge in [0.05, 0.1) is 6.61 Å². The first kappa shape index (κ1) is 12.3. The molecule has 1 atom stereocenters. The van der Waals surface area contributed by atoms with Crippen LogP contribution in [-0.4, -0.2) is 28.8 Å². The predicted molar refractivity (Wildman–Crippen MR) is 58.1 cm³/mol. The number of nitrogens with two attached hydrogens (primary N) is 1. The zero-order valence-corrected chi connectivity index (χ0v) is 9.01. The molecule has 4 N–H and O–H groups in total. The zero-order chi connectivity index (χ0) is 12.1. The molecule has 0 unspecified atom stereocenters. The van der Waals surface area contributed by atoms with Crippen molar-refractivity contribution in [3.05, 3.63) is 23.8 Å². The number of hydrogen-bond acceptors (Lipinski definition) is 5. The molecule has 0 aliphatic heterocycles. The third kappa shape index (κ3) is 3.13. The summed E-state index contributed by atoms with van der Waals surface area (Å²) in [5.41, 5.74) is 6.00. The largest absolute Gasteiger partial charge is 0.508 e. The number of esters is 1. The Kier molecular flexibility index (Phi) is 4.13. The van der Waals surface area contributed by atoms with Crippen LogP contribution in [0.1, 0.15) is 12.5 Å². The summed E-state index contributed by atoms with van der Waals surface area (Å²) in [4.78, 5) is 11.3. The number of ether oxygens (including phenoxy) is 1. The second-order valence-corrected chi connectivity index (χ2v) is 3.38. The summed E-state index contributed by atoms with van der Waals surface area (Å²) in [6.07, 6.45) is 0.124. The smallest absolute Gasteiger partial charge is 0.323 e. The Morgan fingerprint density at radius 2 is 2.19 bits per heavy atom. The van der Waals surface area contributed by atoms with E-state index in [1.165, 1.54) is 18.2 Å². The van der Waals surface area contributed by atoms with Gasteiger partial charge in [0.2, 0.25) is 0 Å². The van der Waals surface area contributed by atoms with Crippen LogP contribution in [0.25, 0.3) is 0 Å². The summed E-state index contributed by atoms with van der Waals surface area (Å²) in [7, 11) is 0. The van der Waals surface area contributed by atoms with Crippen LogP contribution < -0.4 is 5.73 Å². The highest BCUT2D eigenvalue weighted by Gasteiger charge is 2.17. The van der Waals surface area contributed by atoms with E-state index in [1.807, 2.05) is 0 Å². The minimum atomic E-state index is -0.840. The van der Waals surface area contributed by atoms with Crippen LogP contribution in [0.3, 0.4) is 0 Å². The summed E-state index contributed by atoms with van der Waals surface area (Å²) in [5, 5.41) is 18.7. The molecule has 0 bridgehead atoms. The fourth-order valence-corrected chi connectivity index (χ4v) is 1.30. The van der Waals surface area contributed by atoms with Gasteiger partial charge in [0.25, 0.3) is 0 Å². The van der Waals surface area contributed by atoms with E-state index in [0.717, 1.165) is 0 Å². The van der Waals surface area contributed by atoms with Gasteiger partial charge in [-0.1, -0.05) is 0 Å². The van der Waals surface area contributed by atoms with Gasteiger partial charge in [-0.05, 0) is 30.7 Å². The molecule has 0 radical (unpaired) electrons. The maximum Gasteiger partial charge on any atom is 0.323 e. The van der Waals surface area contributed by atoms with E-state index in [9.17, 15) is 15.0 Å². The van der Waals surface area contributed by atoms with Gasteiger partial charge in [0.15, 0.2) is 0 Å². The number of phenols is 2. The van der Waals surface area contributed by atoms with E-state index in [0.29, 0.717) is 5.56 Å². The molecule has 5 heteroatoms. The summed E-state index contributed by atoms with van der Waals surface area (Å²) >= 11 is 0. The molecule has 0 saturated carbocycles. The highest BCUT2D eigenvalue weighted by atomic mass is 16.5. The Balaban J connectivity index is 2.72. The lowest BCUT2D eigenvalue weighted by Gasteiger charge is -2.11. The lowest BCUT2D eigenvalue weighted by Crippen LogP contribution is -2.34. The fraction of sp³-hybridized carbons (Fsp3) is 0.364. The molecule has 0 aliphatic rings. The van der Waals surface area contributed by atoms with Gasteiger partial charge in [0, 0.05) is 6.42 Å². The monoisotopic (exact) mass is 225 g/mol. The number of carbonyl (C=O) groups excluding carboxylic acids is 1. The second-order valence-electron chi connectivity index (χ2n) is 3.38. The van der Waals surface area contributed by atoms with Gasteiger partial charge in [-0.2, -0.15) is 0 Å². The van der Waals surface area contributed by atoms with Gasteiger partial charge in [-0.15, -0.1) is 0 Å². The molecule has 0 fully saturated rings. The normalized spacial score (nSPS) is 12.1. The minimum Gasteiger partial charge on any atom is -0.508 e. The highest BCUT2D eigenvalue weighted by molar-refractivity contribution is 5.76. The third-order valence-corrected chi connectivity index (χ3v) is 2.09. The van der Waals surface area contributed by atoms with Crippen LogP contribution in [0, 0.1) is 0 Å². The van der Waals surface area contributed by atoms with E-state index < -0.39 is 12.0 Å². The SMILES string of the molecule is CCOC(=O)[C@@H](N)Cc1cc(O)ccc1O. The number of rotatable bonds is 4. The van der Waals surface area contributed by atoms with Gasteiger partial charge in [-0.25, -0.2) is 0 Å². The average molecular weight is 225 g/mol. The van der Waals surface area contributed by atoms with Gasteiger partial charge in [0.1, 0.15) is 17.5 Å². The van der Waals surface area contributed by atoms with Crippen molar-refractivity contribution in [3.63, 3.8) is 0 Å². The van der Waals surface area contributed by atoms with Gasteiger partial charge >= 0.3 is 5.97 Å². The molecule has 0 heterocycles. The summed E-state index contributed by atoms with van der Waals surface area (Å²) < 4.78 is 4.74. The zero-order valence-electron chi connectivity index (χ0n) is 9.01. The summed E-state index contributed by atoms with van der Waals surface area (Å²) in [5.74, 6) is -0.508. The van der Waals surface area contributed by atoms with Crippen LogP contribution in [-0.2, 0) is 16.0 Å². The van der Waals surface area contributed by atoms with Crippen molar-refractivity contribution in [2.45, 2.75) is 19.4 Å². The van der Waals surface area contributed by atoms with Crippen LogP contribution in [0.15, 0.2) is 18.2 Å². The highest BCUT2D eigenvalue weighted by Crippen LogP contribution is 2.23. The third-order valence-electron chi connectivity index (χ3n) is 2.09. The molecule has 1 rings (SSSR count). The lowest BCUT2D eigenvalue weighted by atomic mass is 10.1. The number of phenolic OH excluding ortho intramolecular Hbond substituents is 2. The van der Waals surface area contributed by atoms with Crippen molar-refractivity contribution in [1.29, 1.82) is 0 Å². The Morgan fingerprint density at radius 3 is 2.81 bits per heavy atom. The van der Waals surface area contributed by atoms with Crippen LogP contribution in [0.2, 0.25) is 0 Å². The van der Waals surface area contributed by atoms with Crippen LogP contribution in [0.5, 0.6) is 11.5 Å². The van der Waals surface area contributed by atoms with E-state index in [4.69, 9.17) is 10.5 Å². The standard InChI is InChI=1S/C11H15NO4/c1-2-16-11(15)9(12)6-7-5-8(13)3-4-10(7)14/h3-5,9,13-14H,2,6,12H2,1H3/t9-/m0/s1. The molecule has 1 aromatic rings. The van der Waals surface area contributed by atoms with E-state index >= 15 is 0 Å². The summed E-state index contributed by atoms with van der Waals surface area (Å²) in [6, 6.07) is 3.23. The van der Waals surface area contributed by atoms with Gasteiger partial charge in [-0.3, -0.25) is 4.79 Å². The van der Waals surface area contributed by atoms with Crippen molar-refractivity contribution in [1.82, 2.24) is 0 Å². The first-order valence-corrected chi connectivity index (χ1v) is 4.97. The molecular formula is C11H15NO4. The lowest BCUT2D eigenvalue weighted by molar-refractivity contribution is -0.144. The van der Waals surface area contributed by atoms with Crippen molar-refractivity contribution in [2.75, 3.05) is 6.61 Å². The van der Waals surface area contributed by atoms with Crippen molar-refractivity contribution in [2.24, 2.45) is 5.73 Å². The predicted octanol–water partition coefficient (Wildman–Crippen LogP) is 0.531. The van der Waals surface area contributed by atoms with Crippen molar-refractivity contribution in [3.8, 4) is 11.5 Å². The van der Waals surface area contributed by atoms with Crippen LogP contribution >= 0.6 is 0 Å². The number of carbonyl (C=O) groups is 1. The molecule has 0 spiro atoms. The Morgan fingerprint density at radius 1 is 1.50 bits per heavy atom. The maximum atomic E-state index is 11.3. The number of hydrogen-bond donors (Lipinski definition) is 3. The first-order chi connectivity index (χ1) is 7.54. The minimum absolute atomic E-state index is 0.00227. The molecule has 16 heavy (non-hydrogen) atoms. The maximum absolute atomic E-state index is 11.3. The molecular weight excluding hydrogens is 210 g/mol. The molecule has 0 amide bonds. The average Bonchev–Trinajstić information content (AvgIpc) is 2.23. The van der Waals surface area contributed by atoms with Crippen molar-refractivity contribution >= 4 is 5.97 Å². The molecule has 5 nitrogen and oxygen atoms in total. The molecule has 1 aromatic carbocycles. The topological polar surface area (TPSA) is 92.8 Å².